The van der Waals surface area contributed by atoms with Crippen LogP contribution in [0.3, 0.4) is 0 Å². The molecule has 1 fully saturated rings. The third-order valence-electron chi connectivity index (χ3n) is 4.40. The van der Waals surface area contributed by atoms with Gasteiger partial charge in [0.1, 0.15) is 12.2 Å². The Kier molecular flexibility index (Phi) is 7.95. The van der Waals surface area contributed by atoms with Gasteiger partial charge in [-0.05, 0) is 25.0 Å². The van der Waals surface area contributed by atoms with Crippen LogP contribution in [0.4, 0.5) is 5.69 Å². The summed E-state index contributed by atoms with van der Waals surface area (Å²) in [4.78, 5) is 10.9. The molecule has 2 heterocycles. The van der Waals surface area contributed by atoms with Crippen LogP contribution in [0.5, 0.6) is 0 Å². The van der Waals surface area contributed by atoms with Crippen molar-refractivity contribution in [2.45, 2.75) is 25.4 Å². The second-order valence-corrected chi connectivity index (χ2v) is 6.51. The number of piperidine rings is 1. The number of hydrogen-bond acceptors (Lipinski definition) is 4. The van der Waals surface area contributed by atoms with E-state index < -0.39 is 0 Å². The van der Waals surface area contributed by atoms with Crippen LogP contribution in [0.25, 0.3) is 0 Å². The smallest absolute Gasteiger partial charge is 0.191 e. The average Bonchev–Trinajstić information content (AvgIpc) is 3.04. The Morgan fingerprint density at radius 1 is 1.38 bits per heavy atom. The Morgan fingerprint density at radius 3 is 2.88 bits per heavy atom. The van der Waals surface area contributed by atoms with Gasteiger partial charge < -0.3 is 15.5 Å². The molecule has 0 amide bonds. The summed E-state index contributed by atoms with van der Waals surface area (Å²) in [6, 6.07) is 8.32. The predicted octanol–water partition coefficient (Wildman–Crippen LogP) is 2.42. The predicted molar refractivity (Wildman–Crippen MR) is 116 cm³/mol. The number of halogens is 2. The first-order valence-electron chi connectivity index (χ1n) is 8.47. The molecule has 0 saturated carbocycles. The van der Waals surface area contributed by atoms with Crippen molar-refractivity contribution in [3.63, 3.8) is 0 Å². The monoisotopic (exact) mass is 489 g/mol. The van der Waals surface area contributed by atoms with Crippen molar-refractivity contribution in [2.75, 3.05) is 25.0 Å². The van der Waals surface area contributed by atoms with Gasteiger partial charge in [0.05, 0.1) is 17.3 Å². The van der Waals surface area contributed by atoms with E-state index in [9.17, 15) is 0 Å². The first-order chi connectivity index (χ1) is 12.2. The van der Waals surface area contributed by atoms with Gasteiger partial charge in [-0.1, -0.05) is 23.7 Å². The molecule has 2 aromatic rings. The van der Waals surface area contributed by atoms with E-state index in [1.54, 1.807) is 18.1 Å². The number of nitrogens with one attached hydrogen (secondary N) is 2. The molecule has 2 N–H and O–H groups in total. The third-order valence-corrected chi connectivity index (χ3v) is 4.72. The van der Waals surface area contributed by atoms with Crippen LogP contribution in [0, 0.1) is 0 Å². The number of para-hydroxylation sites is 1. The Morgan fingerprint density at radius 2 is 2.19 bits per heavy atom. The molecule has 1 aliphatic heterocycles. The van der Waals surface area contributed by atoms with E-state index in [1.165, 1.54) is 0 Å². The molecule has 3 rings (SSSR count). The van der Waals surface area contributed by atoms with Gasteiger partial charge in [-0.3, -0.25) is 9.67 Å². The maximum atomic E-state index is 6.35. The van der Waals surface area contributed by atoms with E-state index in [2.05, 4.69) is 36.7 Å². The van der Waals surface area contributed by atoms with Gasteiger partial charge in [-0.15, -0.1) is 24.0 Å². The fourth-order valence-electron chi connectivity index (χ4n) is 3.05. The number of guanidine groups is 1. The van der Waals surface area contributed by atoms with Gasteiger partial charge in [0.25, 0.3) is 0 Å². The maximum Gasteiger partial charge on any atom is 0.191 e. The van der Waals surface area contributed by atoms with Crippen molar-refractivity contribution < 1.29 is 0 Å². The molecule has 0 spiro atoms. The number of aliphatic imine (C=N–C) groups is 1. The van der Waals surface area contributed by atoms with E-state index >= 15 is 0 Å². The lowest BCUT2D eigenvalue weighted by Crippen LogP contribution is -2.51. The SMILES string of the molecule is CN=C(NCc1ncnn1C)NC1CCCN(c2ccccc2Cl)C1.I. The molecule has 0 bridgehead atoms. The van der Waals surface area contributed by atoms with E-state index in [0.29, 0.717) is 12.6 Å². The second kappa shape index (κ2) is 9.96. The summed E-state index contributed by atoms with van der Waals surface area (Å²) >= 11 is 6.35. The van der Waals surface area contributed by atoms with Crippen LogP contribution < -0.4 is 15.5 Å². The number of benzene rings is 1. The molecular formula is C17H25ClIN7. The highest BCUT2D eigenvalue weighted by atomic mass is 127. The zero-order chi connectivity index (χ0) is 17.6. The largest absolute Gasteiger partial charge is 0.368 e. The van der Waals surface area contributed by atoms with Gasteiger partial charge in [-0.2, -0.15) is 5.10 Å². The van der Waals surface area contributed by atoms with E-state index in [0.717, 1.165) is 48.4 Å². The van der Waals surface area contributed by atoms with Gasteiger partial charge in [-0.25, -0.2) is 4.98 Å². The van der Waals surface area contributed by atoms with Gasteiger partial charge in [0.2, 0.25) is 0 Å². The zero-order valence-electron chi connectivity index (χ0n) is 15.0. The minimum atomic E-state index is 0. The Hall–Kier alpha value is -1.55. The van der Waals surface area contributed by atoms with Crippen molar-refractivity contribution in [1.82, 2.24) is 25.4 Å². The molecule has 1 saturated heterocycles. The summed E-state index contributed by atoms with van der Waals surface area (Å²) in [6.07, 6.45) is 3.77. The highest BCUT2D eigenvalue weighted by molar-refractivity contribution is 14.0. The summed E-state index contributed by atoms with van der Waals surface area (Å²) < 4.78 is 1.75. The molecule has 1 aromatic carbocycles. The molecule has 0 radical (unpaired) electrons. The van der Waals surface area contributed by atoms with Crippen LogP contribution in [-0.4, -0.2) is 46.9 Å². The molecule has 142 valence electrons. The highest BCUT2D eigenvalue weighted by Crippen LogP contribution is 2.27. The van der Waals surface area contributed by atoms with Crippen molar-refractivity contribution in [3.05, 3.63) is 41.4 Å². The fourth-order valence-corrected chi connectivity index (χ4v) is 3.31. The number of aryl methyl sites for hydroxylation is 1. The van der Waals surface area contributed by atoms with Crippen LogP contribution in [0.2, 0.25) is 5.02 Å². The number of hydrogen-bond donors (Lipinski definition) is 2. The highest BCUT2D eigenvalue weighted by Gasteiger charge is 2.22. The molecule has 1 atom stereocenters. The Labute approximate surface area is 176 Å². The van der Waals surface area contributed by atoms with Crippen LogP contribution in [0.1, 0.15) is 18.7 Å². The normalized spacial score (nSPS) is 17.6. The minimum absolute atomic E-state index is 0. The van der Waals surface area contributed by atoms with Crippen LogP contribution in [-0.2, 0) is 13.6 Å². The summed E-state index contributed by atoms with van der Waals surface area (Å²) in [5, 5.41) is 11.7. The molecule has 9 heteroatoms. The van der Waals surface area contributed by atoms with Crippen molar-refractivity contribution in [2.24, 2.45) is 12.0 Å². The molecule has 0 aliphatic carbocycles. The van der Waals surface area contributed by atoms with Crippen LogP contribution in [0.15, 0.2) is 35.6 Å². The average molecular weight is 490 g/mol. The summed E-state index contributed by atoms with van der Waals surface area (Å²) in [7, 11) is 3.66. The van der Waals surface area contributed by atoms with Crippen molar-refractivity contribution in [1.29, 1.82) is 0 Å². The molecule has 1 aromatic heterocycles. The Balaban J connectivity index is 0.00000243. The standard InChI is InChI=1S/C17H24ClN7.HI/c1-19-17(20-10-16-21-12-22-24(16)2)23-13-6-5-9-25(11-13)15-8-4-3-7-14(15)18;/h3-4,7-8,12-13H,5-6,9-11H2,1-2H3,(H2,19,20,23);1H. The number of aromatic nitrogens is 3. The number of anilines is 1. The zero-order valence-corrected chi connectivity index (χ0v) is 18.1. The third kappa shape index (κ3) is 5.23. The lowest BCUT2D eigenvalue weighted by atomic mass is 10.0. The van der Waals surface area contributed by atoms with E-state index in [4.69, 9.17) is 11.6 Å². The Bertz CT molecular complexity index is 733. The van der Waals surface area contributed by atoms with E-state index in [1.807, 2.05) is 25.2 Å². The van der Waals surface area contributed by atoms with E-state index in [-0.39, 0.29) is 24.0 Å². The quantitative estimate of drug-likeness (QED) is 0.392. The van der Waals surface area contributed by atoms with Gasteiger partial charge >= 0.3 is 0 Å². The number of rotatable bonds is 4. The first-order valence-corrected chi connectivity index (χ1v) is 8.84. The topological polar surface area (TPSA) is 70.4 Å². The first kappa shape index (κ1) is 20.8. The molecule has 1 aliphatic rings. The van der Waals surface area contributed by atoms with Crippen molar-refractivity contribution >= 4 is 47.2 Å². The number of nitrogens with zero attached hydrogens (tertiary/aromatic N) is 5. The minimum Gasteiger partial charge on any atom is -0.368 e. The molecule has 26 heavy (non-hydrogen) atoms. The van der Waals surface area contributed by atoms with Gasteiger partial charge in [0.15, 0.2) is 5.96 Å². The van der Waals surface area contributed by atoms with Crippen LogP contribution >= 0.6 is 35.6 Å². The fraction of sp³-hybridized carbons (Fsp3) is 0.471. The summed E-state index contributed by atoms with van der Waals surface area (Å²) in [6.45, 7) is 2.50. The van der Waals surface area contributed by atoms with Crippen molar-refractivity contribution in [3.8, 4) is 0 Å². The maximum absolute atomic E-state index is 6.35. The molecular weight excluding hydrogens is 465 g/mol. The lowest BCUT2D eigenvalue weighted by molar-refractivity contribution is 0.467. The molecule has 7 nitrogen and oxygen atoms in total. The second-order valence-electron chi connectivity index (χ2n) is 6.11. The van der Waals surface area contributed by atoms with Gasteiger partial charge in [0, 0.05) is 33.2 Å². The lowest BCUT2D eigenvalue weighted by Gasteiger charge is -2.35. The summed E-state index contributed by atoms with van der Waals surface area (Å²) in [5.41, 5.74) is 1.10. The summed E-state index contributed by atoms with van der Waals surface area (Å²) in [5.74, 6) is 1.64. The molecule has 1 unspecified atom stereocenters.